The summed E-state index contributed by atoms with van der Waals surface area (Å²) in [5, 5.41) is 0. The van der Waals surface area contributed by atoms with Crippen molar-refractivity contribution in [3.63, 3.8) is 0 Å². The summed E-state index contributed by atoms with van der Waals surface area (Å²) in [6, 6.07) is 4.30. The van der Waals surface area contributed by atoms with Gasteiger partial charge in [0, 0.05) is 5.56 Å². The van der Waals surface area contributed by atoms with Gasteiger partial charge in [-0.1, -0.05) is 32.9 Å². The van der Waals surface area contributed by atoms with Crippen molar-refractivity contribution in [2.75, 3.05) is 0 Å². The van der Waals surface area contributed by atoms with Gasteiger partial charge in [0.2, 0.25) is 0 Å². The second-order valence-corrected chi connectivity index (χ2v) is 4.44. The van der Waals surface area contributed by atoms with Crippen LogP contribution in [-0.2, 0) is 5.41 Å². The van der Waals surface area contributed by atoms with Crippen molar-refractivity contribution in [3.8, 4) is 11.5 Å². The van der Waals surface area contributed by atoms with Crippen LogP contribution in [0, 0.1) is 6.92 Å². The molecule has 2 rings (SSSR count). The summed E-state index contributed by atoms with van der Waals surface area (Å²) in [5.74, 6) is 2.21. The fourth-order valence-electron chi connectivity index (χ4n) is 1.46. The van der Waals surface area contributed by atoms with E-state index in [-0.39, 0.29) is 5.41 Å². The molecule has 1 heterocycles. The first-order chi connectivity index (χ1) is 5.50. The first-order valence-corrected chi connectivity index (χ1v) is 4.32. The van der Waals surface area contributed by atoms with Crippen LogP contribution in [0.5, 0.6) is 11.5 Å². The monoisotopic (exact) mass is 162 g/mol. The molecule has 64 valence electrons. The molecule has 0 fully saturated rings. The molecule has 0 N–H and O–H groups in total. The Bertz CT molecular complexity index is 332. The van der Waals surface area contributed by atoms with Gasteiger partial charge in [-0.05, 0) is 17.9 Å². The fourth-order valence-corrected chi connectivity index (χ4v) is 1.46. The van der Waals surface area contributed by atoms with Gasteiger partial charge in [-0.3, -0.25) is 0 Å². The van der Waals surface area contributed by atoms with E-state index < -0.39 is 0 Å². The van der Waals surface area contributed by atoms with Crippen LogP contribution < -0.4 is 4.74 Å². The van der Waals surface area contributed by atoms with E-state index in [0.29, 0.717) is 0 Å². The molecule has 0 aliphatic carbocycles. The Hall–Kier alpha value is -0.980. The van der Waals surface area contributed by atoms with Crippen LogP contribution in [0.4, 0.5) is 0 Å². The molecule has 1 aromatic carbocycles. The molecule has 0 atom stereocenters. The second-order valence-electron chi connectivity index (χ2n) is 4.44. The average Bonchev–Trinajstić information content (AvgIpc) is 2.64. The lowest BCUT2D eigenvalue weighted by molar-refractivity contribution is 0.565. The van der Waals surface area contributed by atoms with Gasteiger partial charge in [-0.2, -0.15) is 0 Å². The fraction of sp³-hybridized carbons (Fsp3) is 0.455. The minimum absolute atomic E-state index is 0.203. The van der Waals surface area contributed by atoms with E-state index in [1.807, 2.05) is 0 Å². The van der Waals surface area contributed by atoms with Gasteiger partial charge in [-0.25, -0.2) is 0 Å². The largest absolute Gasteiger partial charge is 0.449 e. The van der Waals surface area contributed by atoms with Gasteiger partial charge >= 0.3 is 0 Å². The SMILES string of the molecule is Cc1ccc(C(C)(C)C)c2c1O2. The molecule has 0 spiro atoms. The summed E-state index contributed by atoms with van der Waals surface area (Å²) in [6.07, 6.45) is 0. The van der Waals surface area contributed by atoms with Crippen LogP contribution in [0.2, 0.25) is 0 Å². The zero-order chi connectivity index (χ0) is 8.93. The first kappa shape index (κ1) is 7.66. The van der Waals surface area contributed by atoms with E-state index in [1.165, 1.54) is 11.1 Å². The van der Waals surface area contributed by atoms with Crippen molar-refractivity contribution >= 4 is 0 Å². The maximum Gasteiger partial charge on any atom is 0.174 e. The number of aryl methyl sites for hydroxylation is 1. The molecule has 0 aromatic heterocycles. The molecule has 12 heavy (non-hydrogen) atoms. The third-order valence-electron chi connectivity index (χ3n) is 2.28. The van der Waals surface area contributed by atoms with Crippen LogP contribution in [0.15, 0.2) is 12.1 Å². The number of hydrogen-bond acceptors (Lipinski definition) is 1. The van der Waals surface area contributed by atoms with Gasteiger partial charge in [0.1, 0.15) is 0 Å². The number of ether oxygens (including phenoxy) is 1. The smallest absolute Gasteiger partial charge is 0.174 e. The number of benzene rings is 1. The molecule has 1 aliphatic heterocycles. The highest BCUT2D eigenvalue weighted by Crippen LogP contribution is 2.53. The van der Waals surface area contributed by atoms with Gasteiger partial charge in [0.05, 0.1) is 0 Å². The van der Waals surface area contributed by atoms with E-state index in [4.69, 9.17) is 4.74 Å². The second kappa shape index (κ2) is 2.03. The van der Waals surface area contributed by atoms with Crippen LogP contribution in [0.1, 0.15) is 31.9 Å². The Labute approximate surface area is 73.4 Å². The highest BCUT2D eigenvalue weighted by atomic mass is 16.6. The molecule has 1 heteroatoms. The van der Waals surface area contributed by atoms with Crippen molar-refractivity contribution in [3.05, 3.63) is 23.3 Å². The normalized spacial score (nSPS) is 13.7. The summed E-state index contributed by atoms with van der Waals surface area (Å²) in [5.41, 5.74) is 2.77. The zero-order valence-corrected chi connectivity index (χ0v) is 8.06. The predicted molar refractivity (Wildman–Crippen MR) is 50.0 cm³/mol. The predicted octanol–water partition coefficient (Wildman–Crippen LogP) is 3.40. The Balaban J connectivity index is 2.52. The lowest BCUT2D eigenvalue weighted by Crippen LogP contribution is -2.09. The highest BCUT2D eigenvalue weighted by molar-refractivity contribution is 5.64. The number of hydrogen-bond donors (Lipinski definition) is 0. The maximum atomic E-state index is 5.43. The van der Waals surface area contributed by atoms with Gasteiger partial charge in [0.25, 0.3) is 0 Å². The summed E-state index contributed by atoms with van der Waals surface area (Å²) in [6.45, 7) is 8.71. The van der Waals surface area contributed by atoms with Gasteiger partial charge in [0.15, 0.2) is 11.5 Å². The molecule has 1 aliphatic rings. The van der Waals surface area contributed by atoms with E-state index in [2.05, 4.69) is 39.8 Å². The molecule has 1 nitrogen and oxygen atoms in total. The molecule has 0 unspecified atom stereocenters. The summed E-state index contributed by atoms with van der Waals surface area (Å²) < 4.78 is 5.43. The lowest BCUT2D eigenvalue weighted by Gasteiger charge is -2.16. The Morgan fingerprint density at radius 2 is 1.75 bits per heavy atom. The summed E-state index contributed by atoms with van der Waals surface area (Å²) in [4.78, 5) is 0. The number of fused-ring (bicyclic) bond motifs is 1. The molecule has 0 amide bonds. The Kier molecular flexibility index (Phi) is 1.30. The zero-order valence-electron chi connectivity index (χ0n) is 8.06. The number of rotatable bonds is 0. The third-order valence-corrected chi connectivity index (χ3v) is 2.28. The quantitative estimate of drug-likeness (QED) is 0.541. The molecular weight excluding hydrogens is 148 g/mol. The van der Waals surface area contributed by atoms with Crippen molar-refractivity contribution in [1.82, 2.24) is 0 Å². The first-order valence-electron chi connectivity index (χ1n) is 4.32. The van der Waals surface area contributed by atoms with Crippen LogP contribution in [0.25, 0.3) is 0 Å². The minimum atomic E-state index is 0.203. The van der Waals surface area contributed by atoms with E-state index in [9.17, 15) is 0 Å². The van der Waals surface area contributed by atoms with Crippen molar-refractivity contribution < 1.29 is 4.74 Å². The third kappa shape index (κ3) is 1.01. The minimum Gasteiger partial charge on any atom is -0.449 e. The van der Waals surface area contributed by atoms with Gasteiger partial charge in [-0.15, -0.1) is 0 Å². The summed E-state index contributed by atoms with van der Waals surface area (Å²) >= 11 is 0. The molecular formula is C11H14O. The van der Waals surface area contributed by atoms with Crippen LogP contribution in [0.3, 0.4) is 0 Å². The van der Waals surface area contributed by atoms with E-state index in [0.717, 1.165) is 11.5 Å². The summed E-state index contributed by atoms with van der Waals surface area (Å²) in [7, 11) is 0. The lowest BCUT2D eigenvalue weighted by atomic mass is 9.87. The Morgan fingerprint density at radius 1 is 1.08 bits per heavy atom. The molecule has 1 aromatic rings. The Morgan fingerprint density at radius 3 is 2.33 bits per heavy atom. The topological polar surface area (TPSA) is 12.5 Å². The van der Waals surface area contributed by atoms with Crippen LogP contribution in [-0.4, -0.2) is 0 Å². The molecule has 0 saturated carbocycles. The van der Waals surface area contributed by atoms with E-state index >= 15 is 0 Å². The van der Waals surface area contributed by atoms with E-state index in [1.54, 1.807) is 0 Å². The standard InChI is InChI=1S/C11H14O/c1-7-5-6-8(11(2,3)4)10-9(7)12-10/h5-6H,1-4H3. The maximum absolute atomic E-state index is 5.43. The average molecular weight is 162 g/mol. The van der Waals surface area contributed by atoms with Gasteiger partial charge < -0.3 is 4.74 Å². The molecule has 0 bridgehead atoms. The van der Waals surface area contributed by atoms with Crippen molar-refractivity contribution in [2.24, 2.45) is 0 Å². The van der Waals surface area contributed by atoms with Crippen molar-refractivity contribution in [2.45, 2.75) is 33.1 Å². The van der Waals surface area contributed by atoms with Crippen molar-refractivity contribution in [1.29, 1.82) is 0 Å². The highest BCUT2D eigenvalue weighted by Gasteiger charge is 2.31. The molecule has 0 saturated heterocycles. The molecule has 0 radical (unpaired) electrons. The van der Waals surface area contributed by atoms with Crippen LogP contribution >= 0.6 is 0 Å².